The molecule has 8 heteroatoms. The molecule has 0 radical (unpaired) electrons. The largest absolute Gasteiger partial charge is 0.507 e. The molecule has 3 aliphatic rings. The number of aromatic hydroxyl groups is 1. The van der Waals surface area contributed by atoms with Crippen molar-refractivity contribution in [1.29, 1.82) is 0 Å². The molecule has 198 valence electrons. The third-order valence-corrected chi connectivity index (χ3v) is 8.22. The first-order valence-corrected chi connectivity index (χ1v) is 14.0. The maximum Gasteiger partial charge on any atom is 0.169 e. The second-order valence-corrected chi connectivity index (χ2v) is 10.8. The van der Waals surface area contributed by atoms with Gasteiger partial charge < -0.3 is 20.6 Å². The zero-order valence-corrected chi connectivity index (χ0v) is 21.9. The standard InChI is InChI=1S/C30H37N7O/c31-30-28(19-27(33-34-30)26-9-3-4-10-29(26)38)36-20-24-11-12-25(21-36)37(24)23-13-14-32-22(18-23)8-7-17-35-15-5-1-2-6-16-35/h3-4,7-10,13-14,18-19,24-25,38H,1-2,5-6,11-12,15-17,20-21H2,(H2,31,34)/b8-7+. The number of phenolic OH excluding ortho intramolecular Hbond substituents is 1. The molecule has 3 fully saturated rings. The number of piperazine rings is 1. The molecular formula is C30H37N7O. The second kappa shape index (κ2) is 11.0. The van der Waals surface area contributed by atoms with Gasteiger partial charge in [0, 0.05) is 49.2 Å². The molecule has 3 saturated heterocycles. The van der Waals surface area contributed by atoms with Crippen LogP contribution in [0.2, 0.25) is 0 Å². The molecule has 0 amide bonds. The molecule has 0 saturated carbocycles. The average molecular weight is 512 g/mol. The number of hydrogen-bond acceptors (Lipinski definition) is 8. The Bertz CT molecular complexity index is 1270. The van der Waals surface area contributed by atoms with Crippen molar-refractivity contribution in [1.82, 2.24) is 20.1 Å². The molecule has 5 heterocycles. The summed E-state index contributed by atoms with van der Waals surface area (Å²) in [5.74, 6) is 0.620. The summed E-state index contributed by atoms with van der Waals surface area (Å²) in [6, 6.07) is 14.3. The normalized spacial score (nSPS) is 22.2. The highest BCUT2D eigenvalue weighted by molar-refractivity contribution is 5.74. The first kappa shape index (κ1) is 24.7. The summed E-state index contributed by atoms with van der Waals surface area (Å²) in [6.07, 6.45) is 14.0. The van der Waals surface area contributed by atoms with Crippen molar-refractivity contribution in [2.24, 2.45) is 0 Å². The predicted octanol–water partition coefficient (Wildman–Crippen LogP) is 4.57. The third kappa shape index (κ3) is 5.18. The molecule has 6 rings (SSSR count). The van der Waals surface area contributed by atoms with Crippen molar-refractivity contribution in [3.8, 4) is 17.0 Å². The average Bonchev–Trinajstić information content (AvgIpc) is 3.09. The number of benzene rings is 1. The minimum Gasteiger partial charge on any atom is -0.507 e. The molecule has 0 aliphatic carbocycles. The number of aromatic nitrogens is 3. The van der Waals surface area contributed by atoms with Crippen LogP contribution in [0.1, 0.15) is 44.2 Å². The molecule has 2 aromatic heterocycles. The first-order valence-electron chi connectivity index (χ1n) is 14.0. The van der Waals surface area contributed by atoms with Gasteiger partial charge in [0.05, 0.1) is 17.1 Å². The Morgan fingerprint density at radius 1 is 0.947 bits per heavy atom. The smallest absolute Gasteiger partial charge is 0.169 e. The van der Waals surface area contributed by atoms with Gasteiger partial charge in [-0.05, 0) is 75.2 Å². The highest BCUT2D eigenvalue weighted by atomic mass is 16.3. The lowest BCUT2D eigenvalue weighted by Crippen LogP contribution is -2.54. The SMILES string of the molecule is Nc1nnc(-c2ccccc2O)cc1N1CC2CCC(C1)N2c1ccnc(/C=C/CN2CCCCCC2)c1. The van der Waals surface area contributed by atoms with Crippen LogP contribution in [0.4, 0.5) is 17.2 Å². The molecule has 2 atom stereocenters. The summed E-state index contributed by atoms with van der Waals surface area (Å²) >= 11 is 0. The van der Waals surface area contributed by atoms with Crippen LogP contribution in [-0.2, 0) is 0 Å². The van der Waals surface area contributed by atoms with E-state index in [0.29, 0.717) is 29.2 Å². The number of nitrogen functional groups attached to an aromatic ring is 1. The summed E-state index contributed by atoms with van der Waals surface area (Å²) in [4.78, 5) is 12.1. The second-order valence-electron chi connectivity index (χ2n) is 10.8. The van der Waals surface area contributed by atoms with Gasteiger partial charge in [-0.1, -0.05) is 31.1 Å². The lowest BCUT2D eigenvalue weighted by atomic mass is 10.1. The number of anilines is 3. The van der Waals surface area contributed by atoms with Crippen LogP contribution in [0, 0.1) is 0 Å². The summed E-state index contributed by atoms with van der Waals surface area (Å²) in [6.45, 7) is 5.15. The van der Waals surface area contributed by atoms with Gasteiger partial charge in [-0.2, -0.15) is 0 Å². The van der Waals surface area contributed by atoms with E-state index in [1.54, 1.807) is 12.1 Å². The van der Waals surface area contributed by atoms with E-state index in [1.165, 1.54) is 44.5 Å². The fourth-order valence-corrected chi connectivity index (χ4v) is 6.32. The molecule has 38 heavy (non-hydrogen) atoms. The van der Waals surface area contributed by atoms with Gasteiger partial charge in [0.25, 0.3) is 0 Å². The van der Waals surface area contributed by atoms with E-state index in [0.717, 1.165) is 43.9 Å². The van der Waals surface area contributed by atoms with Gasteiger partial charge in [-0.15, -0.1) is 10.2 Å². The van der Waals surface area contributed by atoms with Gasteiger partial charge in [-0.25, -0.2) is 0 Å². The zero-order chi connectivity index (χ0) is 25.9. The van der Waals surface area contributed by atoms with Crippen molar-refractivity contribution in [2.45, 2.75) is 50.6 Å². The lowest BCUT2D eigenvalue weighted by Gasteiger charge is -2.43. The number of para-hydroxylation sites is 1. The van der Waals surface area contributed by atoms with Gasteiger partial charge in [-0.3, -0.25) is 9.88 Å². The van der Waals surface area contributed by atoms with Gasteiger partial charge >= 0.3 is 0 Å². The van der Waals surface area contributed by atoms with E-state index >= 15 is 0 Å². The number of pyridine rings is 1. The first-order chi connectivity index (χ1) is 18.7. The fraction of sp³-hybridized carbons (Fsp3) is 0.433. The van der Waals surface area contributed by atoms with Crippen molar-refractivity contribution in [3.63, 3.8) is 0 Å². The topological polar surface area (TPSA) is 94.6 Å². The van der Waals surface area contributed by atoms with Crippen LogP contribution in [0.3, 0.4) is 0 Å². The minimum atomic E-state index is 0.191. The number of nitrogens with zero attached hydrogens (tertiary/aromatic N) is 6. The van der Waals surface area contributed by atoms with Crippen LogP contribution in [0.5, 0.6) is 5.75 Å². The molecule has 8 nitrogen and oxygen atoms in total. The number of nitrogens with two attached hydrogens (primary N) is 1. The van der Waals surface area contributed by atoms with Crippen LogP contribution in [0.25, 0.3) is 17.3 Å². The number of hydrogen-bond donors (Lipinski definition) is 2. The highest BCUT2D eigenvalue weighted by Crippen LogP contribution is 2.39. The van der Waals surface area contributed by atoms with E-state index < -0.39 is 0 Å². The van der Waals surface area contributed by atoms with E-state index in [2.05, 4.69) is 54.2 Å². The van der Waals surface area contributed by atoms with Crippen molar-refractivity contribution >= 4 is 23.3 Å². The Kier molecular flexibility index (Phi) is 7.14. The Morgan fingerprint density at radius 3 is 2.47 bits per heavy atom. The van der Waals surface area contributed by atoms with Gasteiger partial charge in [0.15, 0.2) is 5.82 Å². The maximum atomic E-state index is 10.3. The molecular weight excluding hydrogens is 474 g/mol. The highest BCUT2D eigenvalue weighted by Gasteiger charge is 2.40. The molecule has 1 aromatic carbocycles. The quantitative estimate of drug-likeness (QED) is 0.497. The summed E-state index contributed by atoms with van der Waals surface area (Å²) in [5, 5.41) is 18.8. The van der Waals surface area contributed by atoms with E-state index in [-0.39, 0.29) is 5.75 Å². The molecule has 3 N–H and O–H groups in total. The Morgan fingerprint density at radius 2 is 1.71 bits per heavy atom. The predicted molar refractivity (Wildman–Crippen MR) is 153 cm³/mol. The maximum absolute atomic E-state index is 10.3. The summed E-state index contributed by atoms with van der Waals surface area (Å²) in [5.41, 5.74) is 10.8. The number of rotatable bonds is 6. The summed E-state index contributed by atoms with van der Waals surface area (Å²) < 4.78 is 0. The summed E-state index contributed by atoms with van der Waals surface area (Å²) in [7, 11) is 0. The fourth-order valence-electron chi connectivity index (χ4n) is 6.32. The van der Waals surface area contributed by atoms with Gasteiger partial charge in [0.1, 0.15) is 5.75 Å². The third-order valence-electron chi connectivity index (χ3n) is 8.22. The number of phenols is 1. The molecule has 2 unspecified atom stereocenters. The van der Waals surface area contributed by atoms with E-state index in [1.807, 2.05) is 24.4 Å². The van der Waals surface area contributed by atoms with Crippen LogP contribution in [0.15, 0.2) is 54.7 Å². The number of fused-ring (bicyclic) bond motifs is 2. The van der Waals surface area contributed by atoms with E-state index in [9.17, 15) is 5.11 Å². The Balaban J connectivity index is 1.16. The Labute approximate surface area is 224 Å². The van der Waals surface area contributed by atoms with Crippen LogP contribution < -0.4 is 15.5 Å². The molecule has 2 bridgehead atoms. The van der Waals surface area contributed by atoms with Crippen molar-refractivity contribution < 1.29 is 5.11 Å². The van der Waals surface area contributed by atoms with Crippen molar-refractivity contribution in [3.05, 3.63) is 60.4 Å². The lowest BCUT2D eigenvalue weighted by molar-refractivity contribution is 0.316. The molecule has 0 spiro atoms. The zero-order valence-electron chi connectivity index (χ0n) is 21.9. The monoisotopic (exact) mass is 511 g/mol. The van der Waals surface area contributed by atoms with Gasteiger partial charge in [0.2, 0.25) is 0 Å². The minimum absolute atomic E-state index is 0.191. The van der Waals surface area contributed by atoms with Crippen molar-refractivity contribution in [2.75, 3.05) is 48.3 Å². The Hall–Kier alpha value is -3.65. The van der Waals surface area contributed by atoms with E-state index in [4.69, 9.17) is 5.73 Å². The molecule has 3 aromatic rings. The number of likely N-dealkylation sites (tertiary alicyclic amines) is 1. The van der Waals surface area contributed by atoms with Crippen LogP contribution >= 0.6 is 0 Å². The molecule has 3 aliphatic heterocycles. The van der Waals surface area contributed by atoms with Crippen LogP contribution in [-0.4, -0.2) is 70.0 Å².